The zero-order chi connectivity index (χ0) is 18.2. The minimum Gasteiger partial charge on any atom is -0.375 e. The van der Waals surface area contributed by atoms with Crippen molar-refractivity contribution in [3.63, 3.8) is 0 Å². The molecular weight excluding hydrogens is 326 g/mol. The number of guanidine groups is 1. The SMILES string of the molecule is CCNC(=NCc1ccnc(N2CCOC(C)C2)c1)NC1CCCCC1. The van der Waals surface area contributed by atoms with Gasteiger partial charge in [-0.05, 0) is 44.4 Å². The van der Waals surface area contributed by atoms with Crippen LogP contribution in [0.1, 0.15) is 51.5 Å². The molecule has 1 saturated carbocycles. The van der Waals surface area contributed by atoms with Crippen molar-refractivity contribution in [1.29, 1.82) is 0 Å². The van der Waals surface area contributed by atoms with Gasteiger partial charge in [-0.15, -0.1) is 0 Å². The van der Waals surface area contributed by atoms with Crippen LogP contribution in [0.2, 0.25) is 0 Å². The van der Waals surface area contributed by atoms with Crippen molar-refractivity contribution in [1.82, 2.24) is 15.6 Å². The Bertz CT molecular complexity index is 585. The summed E-state index contributed by atoms with van der Waals surface area (Å²) in [7, 11) is 0. The van der Waals surface area contributed by atoms with E-state index in [2.05, 4.69) is 46.5 Å². The van der Waals surface area contributed by atoms with Gasteiger partial charge < -0.3 is 20.3 Å². The number of hydrogen-bond acceptors (Lipinski definition) is 4. The van der Waals surface area contributed by atoms with E-state index in [1.807, 2.05) is 6.20 Å². The summed E-state index contributed by atoms with van der Waals surface area (Å²) in [4.78, 5) is 11.6. The molecule has 1 atom stereocenters. The van der Waals surface area contributed by atoms with E-state index in [4.69, 9.17) is 9.73 Å². The van der Waals surface area contributed by atoms with Crippen LogP contribution in [0.5, 0.6) is 0 Å². The van der Waals surface area contributed by atoms with Gasteiger partial charge in [-0.1, -0.05) is 19.3 Å². The zero-order valence-corrected chi connectivity index (χ0v) is 16.2. The van der Waals surface area contributed by atoms with Gasteiger partial charge in [-0.25, -0.2) is 9.98 Å². The number of aromatic nitrogens is 1. The van der Waals surface area contributed by atoms with Crippen LogP contribution >= 0.6 is 0 Å². The maximum Gasteiger partial charge on any atom is 0.191 e. The Hall–Kier alpha value is -1.82. The lowest BCUT2D eigenvalue weighted by molar-refractivity contribution is 0.0529. The van der Waals surface area contributed by atoms with Gasteiger partial charge in [0.1, 0.15) is 5.82 Å². The van der Waals surface area contributed by atoms with Crippen LogP contribution in [0.4, 0.5) is 5.82 Å². The second-order valence-electron chi connectivity index (χ2n) is 7.32. The molecule has 2 aliphatic rings. The molecule has 6 nitrogen and oxygen atoms in total. The lowest BCUT2D eigenvalue weighted by Gasteiger charge is -2.32. The fraction of sp³-hybridized carbons (Fsp3) is 0.700. The molecule has 1 aliphatic carbocycles. The predicted molar refractivity (Wildman–Crippen MR) is 107 cm³/mol. The van der Waals surface area contributed by atoms with Crippen LogP contribution in [0, 0.1) is 0 Å². The number of pyridine rings is 1. The fourth-order valence-corrected chi connectivity index (χ4v) is 3.69. The zero-order valence-electron chi connectivity index (χ0n) is 16.2. The van der Waals surface area contributed by atoms with Gasteiger partial charge in [-0.3, -0.25) is 0 Å². The van der Waals surface area contributed by atoms with Crippen LogP contribution in [0.15, 0.2) is 23.3 Å². The normalized spacial score (nSPS) is 22.3. The third kappa shape index (κ3) is 5.59. The smallest absolute Gasteiger partial charge is 0.191 e. The van der Waals surface area contributed by atoms with E-state index in [9.17, 15) is 0 Å². The molecule has 3 rings (SSSR count). The van der Waals surface area contributed by atoms with E-state index in [0.29, 0.717) is 12.6 Å². The summed E-state index contributed by atoms with van der Waals surface area (Å²) in [6.07, 6.45) is 8.66. The van der Waals surface area contributed by atoms with Crippen molar-refractivity contribution >= 4 is 11.8 Å². The molecule has 26 heavy (non-hydrogen) atoms. The standard InChI is InChI=1S/C20H33N5O/c1-3-21-20(24-18-7-5-4-6-8-18)23-14-17-9-10-22-19(13-17)25-11-12-26-16(2)15-25/h9-10,13,16,18H,3-8,11-12,14-15H2,1-2H3,(H2,21,23,24). The molecule has 0 aromatic carbocycles. The molecule has 1 unspecified atom stereocenters. The molecular formula is C20H33N5O. The Balaban J connectivity index is 1.62. The maximum atomic E-state index is 5.63. The van der Waals surface area contributed by atoms with Crippen LogP contribution in [0.25, 0.3) is 0 Å². The van der Waals surface area contributed by atoms with Crippen molar-refractivity contribution in [2.45, 2.75) is 64.6 Å². The average molecular weight is 360 g/mol. The van der Waals surface area contributed by atoms with E-state index < -0.39 is 0 Å². The topological polar surface area (TPSA) is 61.8 Å². The first-order chi connectivity index (χ1) is 12.7. The Morgan fingerprint density at radius 3 is 2.96 bits per heavy atom. The van der Waals surface area contributed by atoms with Gasteiger partial charge in [0.05, 0.1) is 19.3 Å². The number of anilines is 1. The number of nitrogens with zero attached hydrogens (tertiary/aromatic N) is 3. The molecule has 0 amide bonds. The quantitative estimate of drug-likeness (QED) is 0.625. The third-order valence-electron chi connectivity index (χ3n) is 5.08. The Labute approximate surface area is 157 Å². The van der Waals surface area contributed by atoms with Crippen LogP contribution < -0.4 is 15.5 Å². The van der Waals surface area contributed by atoms with E-state index in [0.717, 1.165) is 38.0 Å². The van der Waals surface area contributed by atoms with Gasteiger partial charge >= 0.3 is 0 Å². The molecule has 0 radical (unpaired) electrons. The number of nitrogens with one attached hydrogen (secondary N) is 2. The molecule has 6 heteroatoms. The highest BCUT2D eigenvalue weighted by atomic mass is 16.5. The Morgan fingerprint density at radius 1 is 1.35 bits per heavy atom. The maximum absolute atomic E-state index is 5.63. The molecule has 144 valence electrons. The van der Waals surface area contributed by atoms with Crippen LogP contribution in [-0.4, -0.2) is 49.3 Å². The number of rotatable bonds is 5. The van der Waals surface area contributed by atoms with Crippen LogP contribution in [-0.2, 0) is 11.3 Å². The summed E-state index contributed by atoms with van der Waals surface area (Å²) in [6.45, 7) is 8.33. The van der Waals surface area contributed by atoms with Crippen molar-refractivity contribution in [2.75, 3.05) is 31.1 Å². The van der Waals surface area contributed by atoms with Gasteiger partial charge in [0.25, 0.3) is 0 Å². The molecule has 1 saturated heterocycles. The second kappa shape index (κ2) is 9.76. The van der Waals surface area contributed by atoms with Gasteiger partial charge in [0.15, 0.2) is 5.96 Å². The Kier molecular flexibility index (Phi) is 7.12. The number of morpholine rings is 1. The first-order valence-corrected chi connectivity index (χ1v) is 10.1. The molecule has 1 aromatic rings. The highest BCUT2D eigenvalue weighted by molar-refractivity contribution is 5.80. The number of aliphatic imine (C=N–C) groups is 1. The highest BCUT2D eigenvalue weighted by Gasteiger charge is 2.18. The van der Waals surface area contributed by atoms with Crippen molar-refractivity contribution < 1.29 is 4.74 Å². The lowest BCUT2D eigenvalue weighted by atomic mass is 9.96. The molecule has 0 bridgehead atoms. The summed E-state index contributed by atoms with van der Waals surface area (Å²) in [5, 5.41) is 6.99. The molecule has 2 N–H and O–H groups in total. The lowest BCUT2D eigenvalue weighted by Crippen LogP contribution is -2.44. The first-order valence-electron chi connectivity index (χ1n) is 10.1. The summed E-state index contributed by atoms with van der Waals surface area (Å²) in [5.74, 6) is 1.95. The van der Waals surface area contributed by atoms with Crippen molar-refractivity contribution in [2.24, 2.45) is 4.99 Å². The highest BCUT2D eigenvalue weighted by Crippen LogP contribution is 2.18. The molecule has 1 aliphatic heterocycles. The van der Waals surface area contributed by atoms with E-state index in [1.165, 1.54) is 37.7 Å². The number of ether oxygens (including phenoxy) is 1. The molecule has 2 heterocycles. The first kappa shape index (κ1) is 19.0. The summed E-state index contributed by atoms with van der Waals surface area (Å²) in [5.41, 5.74) is 1.19. The molecule has 1 aromatic heterocycles. The average Bonchev–Trinajstić information content (AvgIpc) is 2.67. The van der Waals surface area contributed by atoms with Crippen molar-refractivity contribution in [3.8, 4) is 0 Å². The van der Waals surface area contributed by atoms with E-state index >= 15 is 0 Å². The minimum absolute atomic E-state index is 0.257. The summed E-state index contributed by atoms with van der Waals surface area (Å²) in [6, 6.07) is 4.77. The van der Waals surface area contributed by atoms with Gasteiger partial charge in [-0.2, -0.15) is 0 Å². The fourth-order valence-electron chi connectivity index (χ4n) is 3.69. The Morgan fingerprint density at radius 2 is 2.19 bits per heavy atom. The summed E-state index contributed by atoms with van der Waals surface area (Å²) >= 11 is 0. The largest absolute Gasteiger partial charge is 0.375 e. The summed E-state index contributed by atoms with van der Waals surface area (Å²) < 4.78 is 5.63. The monoisotopic (exact) mass is 359 g/mol. The van der Waals surface area contributed by atoms with Crippen molar-refractivity contribution in [3.05, 3.63) is 23.9 Å². The van der Waals surface area contributed by atoms with Gasteiger partial charge in [0, 0.05) is 31.9 Å². The van der Waals surface area contributed by atoms with E-state index in [1.54, 1.807) is 0 Å². The number of hydrogen-bond donors (Lipinski definition) is 2. The van der Waals surface area contributed by atoms with Gasteiger partial charge in [0.2, 0.25) is 0 Å². The van der Waals surface area contributed by atoms with E-state index in [-0.39, 0.29) is 6.10 Å². The minimum atomic E-state index is 0.257. The third-order valence-corrected chi connectivity index (χ3v) is 5.08. The predicted octanol–water partition coefficient (Wildman–Crippen LogP) is 2.69. The molecule has 0 spiro atoms. The van der Waals surface area contributed by atoms with Crippen LogP contribution in [0.3, 0.4) is 0 Å². The molecule has 2 fully saturated rings. The second-order valence-corrected chi connectivity index (χ2v) is 7.32.